The minimum Gasteiger partial charge on any atom is -0.465 e. The minimum absolute atomic E-state index is 0.0556. The van der Waals surface area contributed by atoms with E-state index in [-0.39, 0.29) is 18.8 Å². The van der Waals surface area contributed by atoms with Crippen LogP contribution in [0, 0.1) is 0 Å². The zero-order valence-corrected chi connectivity index (χ0v) is 26.0. The minimum atomic E-state index is -1.28. The molecule has 2 N–H and O–H groups in total. The average Bonchev–Trinajstić information content (AvgIpc) is 3.89. The number of esters is 1. The lowest BCUT2D eigenvalue weighted by molar-refractivity contribution is -0.0986. The van der Waals surface area contributed by atoms with Crippen LogP contribution in [0.15, 0.2) is 66.7 Å². The number of carbonyl (C=O) groups is 2. The number of aromatic amines is 1. The number of hydrogen-bond donors (Lipinski definition) is 2. The first-order valence-corrected chi connectivity index (χ1v) is 15.4. The van der Waals surface area contributed by atoms with Gasteiger partial charge in [-0.15, -0.1) is 10.2 Å². The van der Waals surface area contributed by atoms with Crippen LogP contribution in [0.4, 0.5) is 4.79 Å². The highest BCUT2D eigenvalue weighted by atomic mass is 16.8. The van der Waals surface area contributed by atoms with Crippen molar-refractivity contribution in [1.82, 2.24) is 30.2 Å². The first-order chi connectivity index (χ1) is 23.4. The summed E-state index contributed by atoms with van der Waals surface area (Å²) in [5, 5.41) is 24.3. The number of carbonyl (C=O) groups excluding carboxylic acids is 2. The molecule has 0 saturated carbocycles. The number of aromatic nitrogens is 6. The van der Waals surface area contributed by atoms with E-state index in [4.69, 9.17) is 28.4 Å². The van der Waals surface area contributed by atoms with Gasteiger partial charge in [-0.1, -0.05) is 54.6 Å². The van der Waals surface area contributed by atoms with Crippen LogP contribution in [0.1, 0.15) is 29.8 Å². The van der Waals surface area contributed by atoms with Crippen LogP contribution >= 0.6 is 0 Å². The van der Waals surface area contributed by atoms with E-state index < -0.39 is 42.8 Å². The Kier molecular flexibility index (Phi) is 8.71. The number of para-hydroxylation sites is 1. The summed E-state index contributed by atoms with van der Waals surface area (Å²) in [6, 6.07) is 21.2. The van der Waals surface area contributed by atoms with Crippen LogP contribution in [0.2, 0.25) is 0 Å². The van der Waals surface area contributed by atoms with Gasteiger partial charge in [0, 0.05) is 12.5 Å². The normalized spacial score (nSPS) is 20.7. The molecule has 0 spiro atoms. The van der Waals surface area contributed by atoms with E-state index in [0.29, 0.717) is 36.0 Å². The summed E-state index contributed by atoms with van der Waals surface area (Å²) < 4.78 is 34.6. The second kappa shape index (κ2) is 13.4. The number of aliphatic hydroxyl groups excluding tert-OH is 1. The highest BCUT2D eigenvalue weighted by molar-refractivity contribution is 6.02. The molecule has 2 aliphatic heterocycles. The summed E-state index contributed by atoms with van der Waals surface area (Å²) in [6.07, 6.45) is -5.03. The van der Waals surface area contributed by atoms with E-state index in [9.17, 15) is 14.7 Å². The number of aliphatic hydroxyl groups is 1. The Labute approximate surface area is 273 Å². The lowest BCUT2D eigenvalue weighted by atomic mass is 9.98. The standard InChI is InChI=1S/C33H32N6O9/c1-3-43-32-34-24-10-6-9-23(31(41)46-18(2)47-33(42)48-26-17-45-28-25(40)16-44-29(26)28)27(24)39(32)15-19-11-13-20(14-12-19)21-7-4-5-8-22(21)30-35-37-38-36-30/h4-14,18,25-26,28-29,40H,3,15-17H2,1-2H3,(H,35,36,37,38)/t18?,25-,26-,28+,29+/m1/s1. The molecule has 0 amide bonds. The number of nitrogens with zero attached hydrogens (tertiary/aromatic N) is 5. The van der Waals surface area contributed by atoms with Gasteiger partial charge in [-0.05, 0) is 41.0 Å². The van der Waals surface area contributed by atoms with Gasteiger partial charge in [-0.2, -0.15) is 10.2 Å². The summed E-state index contributed by atoms with van der Waals surface area (Å²) in [7, 11) is 0. The van der Waals surface area contributed by atoms with Crippen LogP contribution in [0.25, 0.3) is 33.5 Å². The molecule has 0 radical (unpaired) electrons. The molecular weight excluding hydrogens is 624 g/mol. The highest BCUT2D eigenvalue weighted by Gasteiger charge is 2.49. The van der Waals surface area contributed by atoms with Crippen molar-refractivity contribution in [3.63, 3.8) is 0 Å². The molecule has 2 aromatic heterocycles. The molecule has 3 aromatic carbocycles. The lowest BCUT2D eigenvalue weighted by Crippen LogP contribution is -2.35. The number of nitrogens with one attached hydrogen (secondary N) is 1. The predicted molar refractivity (Wildman–Crippen MR) is 167 cm³/mol. The highest BCUT2D eigenvalue weighted by Crippen LogP contribution is 2.32. The van der Waals surface area contributed by atoms with Gasteiger partial charge in [-0.25, -0.2) is 9.59 Å². The number of tetrazole rings is 1. The van der Waals surface area contributed by atoms with Gasteiger partial charge < -0.3 is 33.5 Å². The maximum Gasteiger partial charge on any atom is 0.511 e. The maximum atomic E-state index is 13.5. The summed E-state index contributed by atoms with van der Waals surface area (Å²) >= 11 is 0. The van der Waals surface area contributed by atoms with Gasteiger partial charge in [0.25, 0.3) is 6.01 Å². The molecule has 2 fully saturated rings. The molecule has 15 heteroatoms. The van der Waals surface area contributed by atoms with Crippen molar-refractivity contribution >= 4 is 23.2 Å². The van der Waals surface area contributed by atoms with Crippen molar-refractivity contribution in [2.45, 2.75) is 51.1 Å². The van der Waals surface area contributed by atoms with Crippen LogP contribution < -0.4 is 4.74 Å². The molecule has 0 bridgehead atoms. The van der Waals surface area contributed by atoms with Gasteiger partial charge >= 0.3 is 12.1 Å². The molecule has 5 atom stereocenters. The second-order valence-corrected chi connectivity index (χ2v) is 11.2. The topological polar surface area (TPSA) is 182 Å². The third-order valence-electron chi connectivity index (χ3n) is 8.11. The average molecular weight is 657 g/mol. The summed E-state index contributed by atoms with van der Waals surface area (Å²) in [5.41, 5.74) is 4.92. The number of ether oxygens (including phenoxy) is 6. The molecule has 1 unspecified atom stereocenters. The van der Waals surface area contributed by atoms with Gasteiger partial charge in [0.1, 0.15) is 18.3 Å². The van der Waals surface area contributed by atoms with Crippen molar-refractivity contribution in [3.8, 4) is 28.5 Å². The predicted octanol–water partition coefficient (Wildman–Crippen LogP) is 3.51. The molecule has 248 valence electrons. The van der Waals surface area contributed by atoms with E-state index >= 15 is 0 Å². The van der Waals surface area contributed by atoms with E-state index in [0.717, 1.165) is 22.3 Å². The van der Waals surface area contributed by atoms with Gasteiger partial charge in [0.2, 0.25) is 12.1 Å². The third-order valence-corrected chi connectivity index (χ3v) is 8.11. The Balaban J connectivity index is 1.08. The largest absolute Gasteiger partial charge is 0.511 e. The molecule has 7 rings (SSSR count). The molecule has 2 aliphatic rings. The maximum absolute atomic E-state index is 13.5. The first-order valence-electron chi connectivity index (χ1n) is 15.4. The van der Waals surface area contributed by atoms with Crippen LogP contribution in [0.5, 0.6) is 6.01 Å². The fourth-order valence-corrected chi connectivity index (χ4v) is 5.96. The number of benzene rings is 3. The summed E-state index contributed by atoms with van der Waals surface area (Å²) in [4.78, 5) is 30.6. The Bertz CT molecular complexity index is 1910. The van der Waals surface area contributed by atoms with Gasteiger partial charge in [-0.3, -0.25) is 4.57 Å². The molecule has 5 aromatic rings. The van der Waals surface area contributed by atoms with E-state index in [1.54, 1.807) is 18.2 Å². The SMILES string of the molecule is CCOc1nc2cccc(C(=O)OC(C)OC(=O)O[C@@H]3CO[C@@H]4[C@H]3OC[C@H]4O)c2n1Cc1ccc(-c2ccccc2-c2nn[nH]n2)cc1. The summed E-state index contributed by atoms with van der Waals surface area (Å²) in [6.45, 7) is 4.10. The molecule has 48 heavy (non-hydrogen) atoms. The number of fused-ring (bicyclic) bond motifs is 2. The van der Waals surface area contributed by atoms with Crippen molar-refractivity contribution in [3.05, 3.63) is 77.9 Å². The Morgan fingerprint density at radius 3 is 2.56 bits per heavy atom. The van der Waals surface area contributed by atoms with E-state index in [1.165, 1.54) is 6.92 Å². The number of rotatable bonds is 10. The van der Waals surface area contributed by atoms with Crippen molar-refractivity contribution in [2.75, 3.05) is 19.8 Å². The second-order valence-electron chi connectivity index (χ2n) is 11.2. The zero-order valence-electron chi connectivity index (χ0n) is 26.0. The third kappa shape index (κ3) is 6.17. The molecule has 2 saturated heterocycles. The van der Waals surface area contributed by atoms with Crippen molar-refractivity contribution in [2.24, 2.45) is 0 Å². The zero-order chi connectivity index (χ0) is 33.2. The quantitative estimate of drug-likeness (QED) is 0.165. The molecule has 4 heterocycles. The smallest absolute Gasteiger partial charge is 0.465 e. The van der Waals surface area contributed by atoms with Crippen LogP contribution in [-0.4, -0.2) is 97.9 Å². The van der Waals surface area contributed by atoms with Crippen LogP contribution in [0.3, 0.4) is 0 Å². The van der Waals surface area contributed by atoms with E-state index in [2.05, 4.69) is 25.6 Å². The molecule has 0 aliphatic carbocycles. The molecular formula is C33H32N6O9. The monoisotopic (exact) mass is 656 g/mol. The van der Waals surface area contributed by atoms with Gasteiger partial charge in [0.15, 0.2) is 6.10 Å². The lowest BCUT2D eigenvalue weighted by Gasteiger charge is -2.19. The van der Waals surface area contributed by atoms with Gasteiger partial charge in [0.05, 0.1) is 43.0 Å². The number of hydrogen-bond acceptors (Lipinski definition) is 13. The summed E-state index contributed by atoms with van der Waals surface area (Å²) in [5.74, 6) is -0.233. The fourth-order valence-electron chi connectivity index (χ4n) is 5.96. The Morgan fingerprint density at radius 2 is 1.79 bits per heavy atom. The first kappa shape index (κ1) is 31.2. The van der Waals surface area contributed by atoms with E-state index in [1.807, 2.05) is 60.0 Å². The van der Waals surface area contributed by atoms with Crippen molar-refractivity contribution in [1.29, 1.82) is 0 Å². The molecule has 15 nitrogen and oxygen atoms in total. The van der Waals surface area contributed by atoms with Crippen molar-refractivity contribution < 1.29 is 43.1 Å². The number of imidazole rings is 1. The Hall–Kier alpha value is -5.38. The van der Waals surface area contributed by atoms with Crippen LogP contribution in [-0.2, 0) is 30.2 Å². The Morgan fingerprint density at radius 1 is 1.00 bits per heavy atom. The number of H-pyrrole nitrogens is 1. The fraction of sp³-hybridized carbons (Fsp3) is 0.333.